The number of Topliss-reactive ketones (excluding diaryl/α,β-unsaturated/α-hetero) is 1. The number of nitrogens with zero attached hydrogens (tertiary/aromatic N) is 2. The van der Waals surface area contributed by atoms with Crippen molar-refractivity contribution in [2.75, 3.05) is 11.9 Å². The SMILES string of the molecule is CC(=O)c1ccc(N(C)Cc2cccc(C#N)c2)cc1O. The minimum absolute atomic E-state index is 0.0161. The number of carbonyl (C=O) groups is 1. The molecule has 0 aliphatic heterocycles. The molecule has 0 aliphatic rings. The van der Waals surface area contributed by atoms with Gasteiger partial charge in [0.05, 0.1) is 17.2 Å². The molecule has 2 aromatic rings. The molecule has 0 spiro atoms. The van der Waals surface area contributed by atoms with Crippen LogP contribution in [0.4, 0.5) is 5.69 Å². The maximum Gasteiger partial charge on any atom is 0.163 e. The van der Waals surface area contributed by atoms with Gasteiger partial charge in [-0.1, -0.05) is 12.1 Å². The first-order valence-electron chi connectivity index (χ1n) is 6.55. The number of nitriles is 1. The third-order valence-corrected chi connectivity index (χ3v) is 3.28. The molecule has 0 amide bonds. The normalized spacial score (nSPS) is 9.95. The van der Waals surface area contributed by atoms with Crippen LogP contribution in [0.5, 0.6) is 5.75 Å². The van der Waals surface area contributed by atoms with E-state index >= 15 is 0 Å². The molecule has 0 saturated carbocycles. The number of rotatable bonds is 4. The van der Waals surface area contributed by atoms with Gasteiger partial charge in [-0.2, -0.15) is 5.26 Å². The van der Waals surface area contributed by atoms with Gasteiger partial charge >= 0.3 is 0 Å². The van der Waals surface area contributed by atoms with Crippen molar-refractivity contribution in [2.24, 2.45) is 0 Å². The molecule has 1 N–H and O–H groups in total. The van der Waals surface area contributed by atoms with Crippen LogP contribution in [0.25, 0.3) is 0 Å². The van der Waals surface area contributed by atoms with E-state index in [1.54, 1.807) is 24.3 Å². The summed E-state index contributed by atoms with van der Waals surface area (Å²) in [6.45, 7) is 2.03. The van der Waals surface area contributed by atoms with E-state index in [9.17, 15) is 9.90 Å². The quantitative estimate of drug-likeness (QED) is 0.874. The van der Waals surface area contributed by atoms with Crippen LogP contribution < -0.4 is 4.90 Å². The van der Waals surface area contributed by atoms with Gasteiger partial charge in [0.1, 0.15) is 5.75 Å². The topological polar surface area (TPSA) is 64.3 Å². The Hall–Kier alpha value is -2.80. The van der Waals surface area contributed by atoms with Crippen LogP contribution in [0.1, 0.15) is 28.4 Å². The fourth-order valence-corrected chi connectivity index (χ4v) is 2.16. The zero-order valence-corrected chi connectivity index (χ0v) is 12.0. The molecule has 106 valence electrons. The predicted molar refractivity (Wildman–Crippen MR) is 81.4 cm³/mol. The number of hydrogen-bond donors (Lipinski definition) is 1. The van der Waals surface area contributed by atoms with Crippen LogP contribution in [0.2, 0.25) is 0 Å². The second kappa shape index (κ2) is 6.10. The highest BCUT2D eigenvalue weighted by atomic mass is 16.3. The van der Waals surface area contributed by atoms with Crippen LogP contribution in [0.3, 0.4) is 0 Å². The van der Waals surface area contributed by atoms with E-state index < -0.39 is 0 Å². The molecule has 0 heterocycles. The van der Waals surface area contributed by atoms with Gasteiger partial charge in [0.15, 0.2) is 5.78 Å². The number of aromatic hydroxyl groups is 1. The van der Waals surface area contributed by atoms with Crippen molar-refractivity contribution >= 4 is 11.5 Å². The third kappa shape index (κ3) is 3.40. The maximum absolute atomic E-state index is 11.3. The lowest BCUT2D eigenvalue weighted by molar-refractivity contribution is 0.101. The van der Waals surface area contributed by atoms with E-state index in [0.717, 1.165) is 11.3 Å². The molecule has 21 heavy (non-hydrogen) atoms. The van der Waals surface area contributed by atoms with E-state index in [2.05, 4.69) is 6.07 Å². The summed E-state index contributed by atoms with van der Waals surface area (Å²) in [4.78, 5) is 13.2. The average molecular weight is 280 g/mol. The van der Waals surface area contributed by atoms with Gasteiger partial charge in [-0.25, -0.2) is 0 Å². The van der Waals surface area contributed by atoms with E-state index in [-0.39, 0.29) is 11.5 Å². The number of anilines is 1. The Labute approximate surface area is 123 Å². The minimum atomic E-state index is -0.163. The van der Waals surface area contributed by atoms with Crippen molar-refractivity contribution in [3.05, 3.63) is 59.2 Å². The lowest BCUT2D eigenvalue weighted by Gasteiger charge is -2.20. The minimum Gasteiger partial charge on any atom is -0.507 e. The van der Waals surface area contributed by atoms with Gasteiger partial charge < -0.3 is 10.0 Å². The molecule has 4 nitrogen and oxygen atoms in total. The molecular formula is C17H16N2O2. The van der Waals surface area contributed by atoms with Crippen molar-refractivity contribution in [2.45, 2.75) is 13.5 Å². The van der Waals surface area contributed by atoms with Gasteiger partial charge in [0, 0.05) is 25.3 Å². The largest absolute Gasteiger partial charge is 0.507 e. The summed E-state index contributed by atoms with van der Waals surface area (Å²) in [6, 6.07) is 14.5. The van der Waals surface area contributed by atoms with Crippen molar-refractivity contribution in [1.82, 2.24) is 0 Å². The van der Waals surface area contributed by atoms with Crippen LogP contribution >= 0.6 is 0 Å². The Balaban J connectivity index is 2.20. The molecule has 2 rings (SSSR count). The number of phenolic OH excluding ortho intramolecular Hbond substituents is 1. The number of benzene rings is 2. The van der Waals surface area contributed by atoms with Gasteiger partial charge in [-0.3, -0.25) is 4.79 Å². The van der Waals surface area contributed by atoms with Gasteiger partial charge in [0.25, 0.3) is 0 Å². The monoisotopic (exact) mass is 280 g/mol. The van der Waals surface area contributed by atoms with E-state index in [4.69, 9.17) is 5.26 Å². The molecular weight excluding hydrogens is 264 g/mol. The maximum atomic E-state index is 11.3. The van der Waals surface area contributed by atoms with Crippen molar-refractivity contribution < 1.29 is 9.90 Å². The first kappa shape index (κ1) is 14.6. The van der Waals surface area contributed by atoms with Crippen LogP contribution in [0, 0.1) is 11.3 Å². The highest BCUT2D eigenvalue weighted by molar-refractivity contribution is 5.97. The molecule has 4 heteroatoms. The first-order chi connectivity index (χ1) is 10.0. The fraction of sp³-hybridized carbons (Fsp3) is 0.176. The number of hydrogen-bond acceptors (Lipinski definition) is 4. The fourth-order valence-electron chi connectivity index (χ4n) is 2.16. The molecule has 0 radical (unpaired) electrons. The number of ketones is 1. The highest BCUT2D eigenvalue weighted by Gasteiger charge is 2.09. The summed E-state index contributed by atoms with van der Waals surface area (Å²) in [6.07, 6.45) is 0. The van der Waals surface area contributed by atoms with Crippen LogP contribution in [0.15, 0.2) is 42.5 Å². The van der Waals surface area contributed by atoms with E-state index in [1.165, 1.54) is 6.92 Å². The Bertz CT molecular complexity index is 717. The zero-order valence-electron chi connectivity index (χ0n) is 12.0. The molecule has 0 fully saturated rings. The molecule has 0 aromatic heterocycles. The molecule has 0 saturated heterocycles. The van der Waals surface area contributed by atoms with E-state index in [0.29, 0.717) is 17.7 Å². The molecule has 0 bridgehead atoms. The van der Waals surface area contributed by atoms with Gasteiger partial charge in [0.2, 0.25) is 0 Å². The van der Waals surface area contributed by atoms with Gasteiger partial charge in [-0.15, -0.1) is 0 Å². The summed E-state index contributed by atoms with van der Waals surface area (Å²) in [7, 11) is 1.89. The van der Waals surface area contributed by atoms with Gasteiger partial charge in [-0.05, 0) is 36.8 Å². The molecule has 0 unspecified atom stereocenters. The van der Waals surface area contributed by atoms with Crippen LogP contribution in [-0.2, 0) is 6.54 Å². The standard InChI is InChI=1S/C17H16N2O2/c1-12(20)16-7-6-15(9-17(16)21)19(2)11-14-5-3-4-13(8-14)10-18/h3-9,21H,11H2,1-2H3. The van der Waals surface area contributed by atoms with Crippen molar-refractivity contribution in [3.8, 4) is 11.8 Å². The predicted octanol–water partition coefficient (Wildman–Crippen LogP) is 3.10. The summed E-state index contributed by atoms with van der Waals surface area (Å²) < 4.78 is 0. The Morgan fingerprint density at radius 1 is 1.29 bits per heavy atom. The summed E-state index contributed by atoms with van der Waals surface area (Å²) in [5.74, 6) is -0.180. The Morgan fingerprint density at radius 3 is 2.67 bits per heavy atom. The second-order valence-electron chi connectivity index (χ2n) is 4.93. The van der Waals surface area contributed by atoms with Crippen molar-refractivity contribution in [1.29, 1.82) is 5.26 Å². The molecule has 0 atom stereocenters. The van der Waals surface area contributed by atoms with Crippen molar-refractivity contribution in [3.63, 3.8) is 0 Å². The van der Waals surface area contributed by atoms with Crippen LogP contribution in [-0.4, -0.2) is 17.9 Å². The smallest absolute Gasteiger partial charge is 0.163 e. The zero-order chi connectivity index (χ0) is 15.4. The Kier molecular flexibility index (Phi) is 4.24. The number of phenols is 1. The average Bonchev–Trinajstić information content (AvgIpc) is 2.46. The highest BCUT2D eigenvalue weighted by Crippen LogP contribution is 2.25. The number of carbonyl (C=O) groups excluding carboxylic acids is 1. The Morgan fingerprint density at radius 2 is 2.05 bits per heavy atom. The summed E-state index contributed by atoms with van der Waals surface area (Å²) in [5.41, 5.74) is 2.75. The molecule has 0 aliphatic carbocycles. The third-order valence-electron chi connectivity index (χ3n) is 3.28. The lowest BCUT2D eigenvalue weighted by atomic mass is 10.1. The summed E-state index contributed by atoms with van der Waals surface area (Å²) >= 11 is 0. The second-order valence-corrected chi connectivity index (χ2v) is 4.93. The summed E-state index contributed by atoms with van der Waals surface area (Å²) in [5, 5.41) is 18.8. The molecule has 2 aromatic carbocycles. The first-order valence-corrected chi connectivity index (χ1v) is 6.55. The van der Waals surface area contributed by atoms with E-state index in [1.807, 2.05) is 30.1 Å². The lowest BCUT2D eigenvalue weighted by Crippen LogP contribution is -2.16.